The van der Waals surface area contributed by atoms with Crippen molar-refractivity contribution in [1.29, 1.82) is 0 Å². The van der Waals surface area contributed by atoms with Crippen molar-refractivity contribution >= 4 is 11.6 Å². The second-order valence-electron chi connectivity index (χ2n) is 6.76. The van der Waals surface area contributed by atoms with E-state index in [9.17, 15) is 9.18 Å². The van der Waals surface area contributed by atoms with Crippen molar-refractivity contribution < 1.29 is 9.18 Å². The molecule has 0 radical (unpaired) electrons. The molecule has 0 bridgehead atoms. The smallest absolute Gasteiger partial charge is 0.271 e. The van der Waals surface area contributed by atoms with Gasteiger partial charge in [-0.1, -0.05) is 31.4 Å². The van der Waals surface area contributed by atoms with Crippen molar-refractivity contribution in [2.45, 2.75) is 32.1 Å². The third-order valence-corrected chi connectivity index (χ3v) is 4.93. The molecule has 26 heavy (non-hydrogen) atoms. The molecule has 2 heterocycles. The van der Waals surface area contributed by atoms with E-state index in [1.807, 2.05) is 0 Å². The van der Waals surface area contributed by atoms with Gasteiger partial charge in [-0.2, -0.15) is 9.61 Å². The minimum absolute atomic E-state index is 0.213. The summed E-state index contributed by atoms with van der Waals surface area (Å²) in [6.45, 7) is 0.673. The number of aromatic nitrogens is 4. The Hall–Kier alpha value is -2.83. The first-order valence-corrected chi connectivity index (χ1v) is 8.96. The van der Waals surface area contributed by atoms with E-state index < -0.39 is 0 Å². The molecule has 1 N–H and O–H groups in total. The molecule has 4 rings (SSSR count). The molecule has 0 aliphatic heterocycles. The van der Waals surface area contributed by atoms with E-state index in [1.165, 1.54) is 55.1 Å². The lowest BCUT2D eigenvalue weighted by atomic mass is 9.89. The van der Waals surface area contributed by atoms with E-state index in [-0.39, 0.29) is 11.7 Å². The van der Waals surface area contributed by atoms with Crippen molar-refractivity contribution in [1.82, 2.24) is 25.1 Å². The molecule has 134 valence electrons. The van der Waals surface area contributed by atoms with E-state index in [4.69, 9.17) is 0 Å². The quantitative estimate of drug-likeness (QED) is 0.781. The number of carbonyl (C=O) groups excluding carboxylic acids is 1. The number of fused-ring (bicyclic) bond motifs is 1. The fourth-order valence-corrected chi connectivity index (χ4v) is 3.50. The molecule has 1 aromatic carbocycles. The highest BCUT2D eigenvalue weighted by Gasteiger charge is 2.18. The average molecular weight is 353 g/mol. The highest BCUT2D eigenvalue weighted by Crippen LogP contribution is 2.25. The molecular weight excluding hydrogens is 333 g/mol. The van der Waals surface area contributed by atoms with E-state index >= 15 is 0 Å². The zero-order chi connectivity index (χ0) is 17.9. The van der Waals surface area contributed by atoms with Crippen LogP contribution in [0, 0.1) is 11.7 Å². The van der Waals surface area contributed by atoms with Crippen LogP contribution in [0.15, 0.2) is 36.7 Å². The van der Waals surface area contributed by atoms with Crippen LogP contribution >= 0.6 is 0 Å². The third-order valence-electron chi connectivity index (χ3n) is 4.93. The van der Waals surface area contributed by atoms with Crippen LogP contribution in [-0.2, 0) is 0 Å². The normalized spacial score (nSPS) is 15.3. The van der Waals surface area contributed by atoms with Crippen LogP contribution in [0.5, 0.6) is 0 Å². The van der Waals surface area contributed by atoms with Gasteiger partial charge in [0.15, 0.2) is 5.65 Å². The summed E-state index contributed by atoms with van der Waals surface area (Å²) in [4.78, 5) is 12.6. The number of amides is 1. The van der Waals surface area contributed by atoms with Crippen molar-refractivity contribution in [2.24, 2.45) is 5.92 Å². The van der Waals surface area contributed by atoms with Gasteiger partial charge in [-0.05, 0) is 42.5 Å². The van der Waals surface area contributed by atoms with Crippen molar-refractivity contribution in [3.8, 4) is 11.1 Å². The first kappa shape index (κ1) is 16.6. The van der Waals surface area contributed by atoms with Gasteiger partial charge < -0.3 is 5.32 Å². The predicted octanol–water partition coefficient (Wildman–Crippen LogP) is 3.24. The van der Waals surface area contributed by atoms with E-state index in [1.54, 1.807) is 18.2 Å². The summed E-state index contributed by atoms with van der Waals surface area (Å²) in [5.74, 6) is 0.0168. The minimum Gasteiger partial charge on any atom is -0.350 e. The molecule has 6 nitrogen and oxygen atoms in total. The number of rotatable bonds is 4. The molecule has 7 heteroatoms. The summed E-state index contributed by atoms with van der Waals surface area (Å²) in [6.07, 6.45) is 7.55. The van der Waals surface area contributed by atoms with Crippen molar-refractivity contribution in [3.05, 3.63) is 48.2 Å². The Morgan fingerprint density at radius 2 is 1.96 bits per heavy atom. The molecule has 3 aromatic rings. The van der Waals surface area contributed by atoms with Gasteiger partial charge in [0.25, 0.3) is 5.91 Å². The molecular formula is C19H20FN5O. The molecule has 1 aliphatic carbocycles. The number of nitrogens with one attached hydrogen (secondary N) is 1. The lowest BCUT2D eigenvalue weighted by Gasteiger charge is -2.21. The Morgan fingerprint density at radius 1 is 1.19 bits per heavy atom. The fourth-order valence-electron chi connectivity index (χ4n) is 3.50. The third kappa shape index (κ3) is 3.42. The number of halogens is 1. The summed E-state index contributed by atoms with van der Waals surface area (Å²) in [5.41, 5.74) is 2.28. The highest BCUT2D eigenvalue weighted by molar-refractivity contribution is 5.94. The Morgan fingerprint density at radius 3 is 2.73 bits per heavy atom. The Bertz CT molecular complexity index is 915. The van der Waals surface area contributed by atoms with Crippen LogP contribution in [0.25, 0.3) is 16.8 Å². The monoisotopic (exact) mass is 353 g/mol. The zero-order valence-electron chi connectivity index (χ0n) is 14.4. The lowest BCUT2D eigenvalue weighted by molar-refractivity contribution is 0.0937. The van der Waals surface area contributed by atoms with Gasteiger partial charge in [-0.15, -0.1) is 10.2 Å². The summed E-state index contributed by atoms with van der Waals surface area (Å²) in [5, 5.41) is 15.2. The summed E-state index contributed by atoms with van der Waals surface area (Å²) < 4.78 is 14.7. The predicted molar refractivity (Wildman–Crippen MR) is 95.1 cm³/mol. The van der Waals surface area contributed by atoms with Crippen molar-refractivity contribution in [3.63, 3.8) is 0 Å². The fraction of sp³-hybridized carbons (Fsp3) is 0.368. The molecule has 1 amide bonds. The highest BCUT2D eigenvalue weighted by atomic mass is 19.1. The van der Waals surface area contributed by atoms with Crippen LogP contribution in [0.4, 0.5) is 4.39 Å². The molecule has 0 unspecified atom stereocenters. The van der Waals surface area contributed by atoms with Crippen molar-refractivity contribution in [2.75, 3.05) is 6.54 Å². The standard InChI is InChI=1S/C19H20FN5O/c20-15-8-6-14(7-9-15)16-10-17(24-25-12-22-23-18(16)25)19(26)21-11-13-4-2-1-3-5-13/h6-10,12-13H,1-5,11H2,(H,21,26). The first-order valence-electron chi connectivity index (χ1n) is 8.96. The largest absolute Gasteiger partial charge is 0.350 e. The number of hydrogen-bond acceptors (Lipinski definition) is 4. The van der Waals surface area contributed by atoms with Gasteiger partial charge >= 0.3 is 0 Å². The first-order chi connectivity index (χ1) is 12.7. The van der Waals surface area contributed by atoms with Gasteiger partial charge in [0.1, 0.15) is 17.8 Å². The maximum absolute atomic E-state index is 13.2. The molecule has 2 aromatic heterocycles. The van der Waals surface area contributed by atoms with E-state index in [0.717, 1.165) is 5.56 Å². The SMILES string of the molecule is O=C(NCC1CCCCC1)c1cc(-c2ccc(F)cc2)c2nncn2n1. The second-order valence-corrected chi connectivity index (χ2v) is 6.76. The van der Waals surface area contributed by atoms with Crippen LogP contribution in [0.1, 0.15) is 42.6 Å². The summed E-state index contributed by atoms with van der Waals surface area (Å²) >= 11 is 0. The minimum atomic E-state index is -0.314. The number of nitrogens with zero attached hydrogens (tertiary/aromatic N) is 4. The number of carbonyl (C=O) groups is 1. The van der Waals surface area contributed by atoms with Gasteiger partial charge in [-0.25, -0.2) is 4.39 Å². The van der Waals surface area contributed by atoms with Crippen LogP contribution in [0.2, 0.25) is 0 Å². The Balaban J connectivity index is 1.60. The van der Waals surface area contributed by atoms with Crippen LogP contribution in [-0.4, -0.2) is 32.3 Å². The van der Waals surface area contributed by atoms with Gasteiger partial charge in [0, 0.05) is 12.1 Å². The topological polar surface area (TPSA) is 72.2 Å². The number of hydrogen-bond donors (Lipinski definition) is 1. The molecule has 0 saturated heterocycles. The van der Waals surface area contributed by atoms with E-state index in [2.05, 4.69) is 20.6 Å². The maximum atomic E-state index is 13.2. The molecule has 1 fully saturated rings. The van der Waals surface area contributed by atoms with Crippen LogP contribution < -0.4 is 5.32 Å². The average Bonchev–Trinajstić information content (AvgIpc) is 3.15. The second kappa shape index (κ2) is 7.19. The van der Waals surface area contributed by atoms with Gasteiger partial charge in [0.05, 0.1) is 0 Å². The molecule has 1 aliphatic rings. The van der Waals surface area contributed by atoms with Gasteiger partial charge in [0.2, 0.25) is 0 Å². The van der Waals surface area contributed by atoms with Crippen LogP contribution in [0.3, 0.4) is 0 Å². The van der Waals surface area contributed by atoms with E-state index in [0.29, 0.717) is 29.4 Å². The molecule has 0 atom stereocenters. The Kier molecular flexibility index (Phi) is 4.60. The van der Waals surface area contributed by atoms with Gasteiger partial charge in [-0.3, -0.25) is 4.79 Å². The Labute approximate surface area is 150 Å². The maximum Gasteiger partial charge on any atom is 0.271 e. The summed E-state index contributed by atoms with van der Waals surface area (Å²) in [6, 6.07) is 7.76. The molecule has 0 spiro atoms. The lowest BCUT2D eigenvalue weighted by Crippen LogP contribution is -2.31. The molecule has 1 saturated carbocycles. The zero-order valence-corrected chi connectivity index (χ0v) is 14.4. The summed E-state index contributed by atoms with van der Waals surface area (Å²) in [7, 11) is 0. The number of benzene rings is 1.